The third-order valence-corrected chi connectivity index (χ3v) is 4.36. The number of hydrogen-bond donors (Lipinski definition) is 1. The first-order valence-electron chi connectivity index (χ1n) is 6.60. The minimum atomic E-state index is 0.125. The predicted molar refractivity (Wildman–Crippen MR) is 73.6 cm³/mol. The summed E-state index contributed by atoms with van der Waals surface area (Å²) < 4.78 is 5.30. The van der Waals surface area contributed by atoms with Gasteiger partial charge in [-0.15, -0.1) is 11.3 Å². The highest BCUT2D eigenvalue weighted by Crippen LogP contribution is 2.27. The Labute approximate surface area is 113 Å². The van der Waals surface area contributed by atoms with Gasteiger partial charge >= 0.3 is 0 Å². The van der Waals surface area contributed by atoms with Crippen molar-refractivity contribution in [3.05, 3.63) is 22.4 Å². The van der Waals surface area contributed by atoms with E-state index >= 15 is 0 Å². The molecule has 2 rings (SSSR count). The first kappa shape index (κ1) is 13.6. The van der Waals surface area contributed by atoms with Gasteiger partial charge < -0.3 is 10.1 Å². The third-order valence-electron chi connectivity index (χ3n) is 3.41. The molecule has 0 aromatic carbocycles. The molecule has 1 aliphatic rings. The van der Waals surface area contributed by atoms with Crippen LogP contribution in [0.2, 0.25) is 0 Å². The van der Waals surface area contributed by atoms with Crippen LogP contribution < -0.4 is 5.32 Å². The highest BCUT2D eigenvalue weighted by Gasteiger charge is 2.26. The van der Waals surface area contributed by atoms with E-state index in [1.54, 1.807) is 11.3 Å². The minimum Gasteiger partial charge on any atom is -0.381 e. The van der Waals surface area contributed by atoms with Crippen LogP contribution in [-0.4, -0.2) is 19.1 Å². The fourth-order valence-electron chi connectivity index (χ4n) is 2.27. The summed E-state index contributed by atoms with van der Waals surface area (Å²) in [4.78, 5) is 13.5. The van der Waals surface area contributed by atoms with Crippen LogP contribution in [0.1, 0.15) is 37.6 Å². The van der Waals surface area contributed by atoms with Crippen LogP contribution in [0.5, 0.6) is 0 Å². The van der Waals surface area contributed by atoms with Gasteiger partial charge in [0.15, 0.2) is 0 Å². The van der Waals surface area contributed by atoms with E-state index in [1.807, 2.05) is 6.07 Å². The van der Waals surface area contributed by atoms with Crippen molar-refractivity contribution in [3.8, 4) is 0 Å². The molecule has 0 bridgehead atoms. The Kier molecular flexibility index (Phi) is 4.78. The van der Waals surface area contributed by atoms with E-state index in [4.69, 9.17) is 4.74 Å². The van der Waals surface area contributed by atoms with Gasteiger partial charge in [0.1, 0.15) is 0 Å². The van der Waals surface area contributed by atoms with E-state index in [0.717, 1.165) is 12.8 Å². The first-order chi connectivity index (χ1) is 8.68. The lowest BCUT2D eigenvalue weighted by atomic mass is 9.97. The van der Waals surface area contributed by atoms with Crippen molar-refractivity contribution in [2.75, 3.05) is 13.2 Å². The molecular weight excluding hydrogens is 246 g/mol. The summed E-state index contributed by atoms with van der Waals surface area (Å²) in [6, 6.07) is 4.27. The average Bonchev–Trinajstić information content (AvgIpc) is 2.90. The highest BCUT2D eigenvalue weighted by molar-refractivity contribution is 7.10. The molecule has 1 amide bonds. The summed E-state index contributed by atoms with van der Waals surface area (Å²) in [6.45, 7) is 5.72. The normalized spacial score (nSPS) is 18.8. The van der Waals surface area contributed by atoms with E-state index in [-0.39, 0.29) is 17.9 Å². The van der Waals surface area contributed by atoms with Crippen LogP contribution in [0.25, 0.3) is 0 Å². The standard InChI is InChI=1S/C14H21NO2S/c1-10(2)13(12-4-3-9-18-12)15-14(16)11-5-7-17-8-6-11/h3-4,9-11,13H,5-8H2,1-2H3,(H,15,16). The van der Waals surface area contributed by atoms with Gasteiger partial charge in [-0.3, -0.25) is 4.79 Å². The van der Waals surface area contributed by atoms with Gasteiger partial charge in [0.05, 0.1) is 6.04 Å². The fraction of sp³-hybridized carbons (Fsp3) is 0.643. The second-order valence-corrected chi connectivity index (χ2v) is 6.11. The maximum Gasteiger partial charge on any atom is 0.223 e. The van der Waals surface area contributed by atoms with Crippen molar-refractivity contribution in [3.63, 3.8) is 0 Å². The third kappa shape index (κ3) is 3.33. The van der Waals surface area contributed by atoms with Crippen LogP contribution >= 0.6 is 11.3 Å². The molecule has 18 heavy (non-hydrogen) atoms. The summed E-state index contributed by atoms with van der Waals surface area (Å²) in [5, 5.41) is 5.27. The molecule has 1 fully saturated rings. The molecule has 1 aromatic heterocycles. The maximum atomic E-state index is 12.2. The Bertz CT molecular complexity index is 369. The lowest BCUT2D eigenvalue weighted by Crippen LogP contribution is -2.38. The van der Waals surface area contributed by atoms with E-state index in [9.17, 15) is 4.79 Å². The van der Waals surface area contributed by atoms with E-state index in [1.165, 1.54) is 4.88 Å². The number of carbonyl (C=O) groups excluding carboxylic acids is 1. The number of nitrogens with one attached hydrogen (secondary N) is 1. The SMILES string of the molecule is CC(C)C(NC(=O)C1CCOCC1)c1cccs1. The van der Waals surface area contributed by atoms with Crippen molar-refractivity contribution < 1.29 is 9.53 Å². The van der Waals surface area contributed by atoms with Crippen molar-refractivity contribution in [2.45, 2.75) is 32.7 Å². The number of carbonyl (C=O) groups is 1. The Balaban J connectivity index is 1.98. The molecular formula is C14H21NO2S. The largest absolute Gasteiger partial charge is 0.381 e. The van der Waals surface area contributed by atoms with Gasteiger partial charge in [0.2, 0.25) is 5.91 Å². The predicted octanol–water partition coefficient (Wildman–Crippen LogP) is 2.99. The number of ether oxygens (including phenoxy) is 1. The quantitative estimate of drug-likeness (QED) is 0.910. The van der Waals surface area contributed by atoms with Gasteiger partial charge in [-0.1, -0.05) is 19.9 Å². The molecule has 0 saturated carbocycles. The number of rotatable bonds is 4. The molecule has 100 valence electrons. The highest BCUT2D eigenvalue weighted by atomic mass is 32.1. The topological polar surface area (TPSA) is 38.3 Å². The number of hydrogen-bond acceptors (Lipinski definition) is 3. The van der Waals surface area contributed by atoms with Crippen LogP contribution in [0.4, 0.5) is 0 Å². The summed E-state index contributed by atoms with van der Waals surface area (Å²) in [5.41, 5.74) is 0. The van der Waals surface area contributed by atoms with E-state index < -0.39 is 0 Å². The summed E-state index contributed by atoms with van der Waals surface area (Å²) in [6.07, 6.45) is 1.70. The molecule has 2 heterocycles. The molecule has 1 unspecified atom stereocenters. The Morgan fingerprint density at radius 1 is 1.44 bits per heavy atom. The van der Waals surface area contributed by atoms with Crippen LogP contribution in [-0.2, 0) is 9.53 Å². The summed E-state index contributed by atoms with van der Waals surface area (Å²) >= 11 is 1.71. The van der Waals surface area contributed by atoms with E-state index in [0.29, 0.717) is 19.1 Å². The zero-order valence-electron chi connectivity index (χ0n) is 11.0. The van der Waals surface area contributed by atoms with Crippen LogP contribution in [0, 0.1) is 11.8 Å². The Morgan fingerprint density at radius 2 is 2.17 bits per heavy atom. The minimum absolute atomic E-state index is 0.125. The maximum absolute atomic E-state index is 12.2. The molecule has 0 spiro atoms. The Morgan fingerprint density at radius 3 is 2.72 bits per heavy atom. The average molecular weight is 267 g/mol. The van der Waals surface area contributed by atoms with Gasteiger partial charge in [-0.2, -0.15) is 0 Å². The van der Waals surface area contributed by atoms with Crippen molar-refractivity contribution >= 4 is 17.2 Å². The number of amides is 1. The smallest absolute Gasteiger partial charge is 0.223 e. The molecule has 4 heteroatoms. The molecule has 1 atom stereocenters. The molecule has 1 N–H and O–H groups in total. The van der Waals surface area contributed by atoms with E-state index in [2.05, 4.69) is 30.6 Å². The Hall–Kier alpha value is -0.870. The first-order valence-corrected chi connectivity index (χ1v) is 7.48. The zero-order valence-corrected chi connectivity index (χ0v) is 11.8. The van der Waals surface area contributed by atoms with Crippen molar-refractivity contribution in [1.29, 1.82) is 0 Å². The van der Waals surface area contributed by atoms with Crippen molar-refractivity contribution in [2.24, 2.45) is 11.8 Å². The molecule has 1 saturated heterocycles. The molecule has 3 nitrogen and oxygen atoms in total. The van der Waals surface area contributed by atoms with Crippen molar-refractivity contribution in [1.82, 2.24) is 5.32 Å². The van der Waals surface area contributed by atoms with Crippen LogP contribution in [0.3, 0.4) is 0 Å². The molecule has 0 radical (unpaired) electrons. The van der Waals surface area contributed by atoms with Gasteiger partial charge in [0, 0.05) is 24.0 Å². The monoisotopic (exact) mass is 267 g/mol. The van der Waals surface area contributed by atoms with Gasteiger partial charge in [-0.25, -0.2) is 0 Å². The number of thiophene rings is 1. The molecule has 1 aromatic rings. The summed E-state index contributed by atoms with van der Waals surface area (Å²) in [5.74, 6) is 0.720. The molecule has 1 aliphatic heterocycles. The second-order valence-electron chi connectivity index (χ2n) is 5.13. The van der Waals surface area contributed by atoms with Gasteiger partial charge in [0.25, 0.3) is 0 Å². The van der Waals surface area contributed by atoms with Gasteiger partial charge in [-0.05, 0) is 30.2 Å². The molecule has 0 aliphatic carbocycles. The lowest BCUT2D eigenvalue weighted by Gasteiger charge is -2.26. The fourth-order valence-corrected chi connectivity index (χ4v) is 3.21. The zero-order chi connectivity index (χ0) is 13.0. The second kappa shape index (κ2) is 6.34. The van der Waals surface area contributed by atoms with Crippen LogP contribution in [0.15, 0.2) is 17.5 Å². The summed E-state index contributed by atoms with van der Waals surface area (Å²) in [7, 11) is 0. The lowest BCUT2D eigenvalue weighted by molar-refractivity contribution is -0.128.